The van der Waals surface area contributed by atoms with E-state index < -0.39 is 0 Å². The van der Waals surface area contributed by atoms with E-state index >= 15 is 0 Å². The van der Waals surface area contributed by atoms with Crippen molar-refractivity contribution >= 4 is 22.8 Å². The number of fused-ring (bicyclic) bond motifs is 2. The van der Waals surface area contributed by atoms with Crippen molar-refractivity contribution in [3.05, 3.63) is 40.8 Å². The molecule has 27 heavy (non-hydrogen) atoms. The second-order valence-corrected chi connectivity index (χ2v) is 6.00. The summed E-state index contributed by atoms with van der Waals surface area (Å²) in [6.45, 7) is 10.1. The Morgan fingerprint density at radius 1 is 1.22 bits per heavy atom. The average molecular weight is 370 g/mol. The summed E-state index contributed by atoms with van der Waals surface area (Å²) in [6, 6.07) is 3.72. The molecule has 0 spiro atoms. The summed E-state index contributed by atoms with van der Waals surface area (Å²) in [5, 5.41) is 5.29. The van der Waals surface area contributed by atoms with Gasteiger partial charge >= 0.3 is 0 Å². The fourth-order valence-electron chi connectivity index (χ4n) is 3.31. The third-order valence-corrected chi connectivity index (χ3v) is 4.59. The number of hydrogen-bond acceptors (Lipinski definition) is 4. The number of anilines is 1. The fraction of sp³-hybridized carbons (Fsp3) is 0.476. The maximum absolute atomic E-state index is 13.0. The molecule has 0 radical (unpaired) electrons. The molecule has 0 bridgehead atoms. The summed E-state index contributed by atoms with van der Waals surface area (Å²) in [5.74, 6) is 0.298. The molecular weight excluding hydrogens is 338 g/mol. The number of nitrogens with zero attached hydrogens (tertiary/aromatic N) is 3. The lowest BCUT2D eigenvalue weighted by Gasteiger charge is -2.08. The van der Waals surface area contributed by atoms with Crippen molar-refractivity contribution in [1.29, 1.82) is 0 Å². The van der Waals surface area contributed by atoms with Crippen LogP contribution in [0, 0.1) is 0 Å². The number of rotatable bonds is 2. The van der Waals surface area contributed by atoms with E-state index in [1.54, 1.807) is 12.3 Å². The van der Waals surface area contributed by atoms with Gasteiger partial charge in [0.15, 0.2) is 0 Å². The molecule has 3 heterocycles. The predicted molar refractivity (Wildman–Crippen MR) is 111 cm³/mol. The number of carbonyl (C=O) groups excluding carboxylic acids is 1. The smallest absolute Gasteiger partial charge is 0.280 e. The lowest BCUT2D eigenvalue weighted by molar-refractivity contribution is 0.0949. The summed E-state index contributed by atoms with van der Waals surface area (Å²) in [7, 11) is 0. The highest BCUT2D eigenvalue weighted by molar-refractivity contribution is 6.07. The minimum atomic E-state index is -0.189. The second kappa shape index (κ2) is 9.35. The maximum atomic E-state index is 13.0. The van der Waals surface area contributed by atoms with E-state index in [0.29, 0.717) is 11.4 Å². The molecule has 3 N–H and O–H groups in total. The standard InChI is InChI=1S/C17H19N5O.2C2H6/c1-2-10-9-13-11(7-8-19-16(13)20-10)17(23)22-15(18)12-5-3-4-6-14(12)21-22;2*1-2/h7-9H,2-6,18H2,1H3,(H,19,20);2*1-2H3. The minimum Gasteiger partial charge on any atom is -0.383 e. The monoisotopic (exact) mass is 369 g/mol. The largest absolute Gasteiger partial charge is 0.383 e. The molecule has 3 aromatic rings. The number of nitrogens with two attached hydrogens (primary N) is 1. The van der Waals surface area contributed by atoms with Crippen LogP contribution in [0.25, 0.3) is 11.0 Å². The van der Waals surface area contributed by atoms with Gasteiger partial charge in [0.05, 0.1) is 11.3 Å². The Balaban J connectivity index is 0.000000614. The zero-order valence-electron chi connectivity index (χ0n) is 17.1. The number of hydrogen-bond donors (Lipinski definition) is 2. The SMILES string of the molecule is CC.CC.CCc1cc2c(C(=O)n3nc4c(c3N)CCCC4)ccnc2[nH]1. The zero-order chi connectivity index (χ0) is 20.0. The maximum Gasteiger partial charge on any atom is 0.280 e. The van der Waals surface area contributed by atoms with E-state index in [0.717, 1.165) is 60.1 Å². The van der Waals surface area contributed by atoms with Gasteiger partial charge in [-0.1, -0.05) is 34.6 Å². The molecule has 0 aromatic carbocycles. The molecule has 0 fully saturated rings. The topological polar surface area (TPSA) is 89.6 Å². The minimum absolute atomic E-state index is 0.189. The Morgan fingerprint density at radius 2 is 1.93 bits per heavy atom. The van der Waals surface area contributed by atoms with Crippen molar-refractivity contribution in [3.8, 4) is 0 Å². The Kier molecular flexibility index (Phi) is 7.16. The third-order valence-electron chi connectivity index (χ3n) is 4.59. The number of aromatic amines is 1. The first kappa shape index (κ1) is 20.7. The van der Waals surface area contributed by atoms with Gasteiger partial charge in [-0.2, -0.15) is 9.78 Å². The number of aromatic nitrogens is 4. The number of aryl methyl sites for hydroxylation is 2. The Labute approximate surface area is 161 Å². The molecule has 3 aromatic heterocycles. The lowest BCUT2D eigenvalue weighted by atomic mass is 9.98. The Morgan fingerprint density at radius 3 is 2.59 bits per heavy atom. The van der Waals surface area contributed by atoms with Gasteiger partial charge in [0.25, 0.3) is 5.91 Å². The van der Waals surface area contributed by atoms with Crippen LogP contribution in [0.2, 0.25) is 0 Å². The molecule has 0 aliphatic heterocycles. The van der Waals surface area contributed by atoms with Gasteiger partial charge in [-0.3, -0.25) is 4.79 Å². The first-order chi connectivity index (χ1) is 13.2. The Bertz CT molecular complexity index is 907. The average Bonchev–Trinajstić information content (AvgIpc) is 3.31. The summed E-state index contributed by atoms with van der Waals surface area (Å²) in [5.41, 5.74) is 10.6. The van der Waals surface area contributed by atoms with Gasteiger partial charge in [-0.05, 0) is 44.2 Å². The highest BCUT2D eigenvalue weighted by Gasteiger charge is 2.24. The molecule has 6 heteroatoms. The van der Waals surface area contributed by atoms with E-state index in [2.05, 4.69) is 22.0 Å². The second-order valence-electron chi connectivity index (χ2n) is 6.00. The molecule has 146 valence electrons. The van der Waals surface area contributed by atoms with E-state index in [-0.39, 0.29) is 5.91 Å². The van der Waals surface area contributed by atoms with Crippen LogP contribution in [0.1, 0.15) is 74.8 Å². The number of nitrogen functional groups attached to an aromatic ring is 1. The normalized spacial score (nSPS) is 12.5. The highest BCUT2D eigenvalue weighted by Crippen LogP contribution is 2.27. The number of nitrogens with one attached hydrogen (secondary N) is 1. The van der Waals surface area contributed by atoms with Crippen molar-refractivity contribution in [2.24, 2.45) is 0 Å². The van der Waals surface area contributed by atoms with Gasteiger partial charge in [0, 0.05) is 22.8 Å². The summed E-state index contributed by atoms with van der Waals surface area (Å²) >= 11 is 0. The molecule has 0 atom stereocenters. The van der Waals surface area contributed by atoms with Gasteiger partial charge in [0.2, 0.25) is 0 Å². The van der Waals surface area contributed by atoms with Crippen LogP contribution in [-0.2, 0) is 19.3 Å². The Hall–Kier alpha value is -2.63. The summed E-state index contributed by atoms with van der Waals surface area (Å²) in [4.78, 5) is 20.5. The van der Waals surface area contributed by atoms with Crippen LogP contribution >= 0.6 is 0 Å². The number of H-pyrrole nitrogens is 1. The zero-order valence-corrected chi connectivity index (χ0v) is 17.1. The quantitative estimate of drug-likeness (QED) is 0.695. The molecule has 6 nitrogen and oxygen atoms in total. The number of pyridine rings is 1. The van der Waals surface area contributed by atoms with Crippen molar-refractivity contribution < 1.29 is 4.79 Å². The predicted octanol–water partition coefficient (Wildman–Crippen LogP) is 4.52. The summed E-state index contributed by atoms with van der Waals surface area (Å²) < 4.78 is 1.36. The fourth-order valence-corrected chi connectivity index (χ4v) is 3.31. The number of carbonyl (C=O) groups is 1. The van der Waals surface area contributed by atoms with Crippen LogP contribution in [-0.4, -0.2) is 25.7 Å². The lowest BCUT2D eigenvalue weighted by Crippen LogP contribution is -2.17. The van der Waals surface area contributed by atoms with Crippen LogP contribution in [0.5, 0.6) is 0 Å². The van der Waals surface area contributed by atoms with Crippen molar-refractivity contribution in [3.63, 3.8) is 0 Å². The first-order valence-corrected chi connectivity index (χ1v) is 10.1. The van der Waals surface area contributed by atoms with E-state index in [1.165, 1.54) is 4.68 Å². The van der Waals surface area contributed by atoms with E-state index in [9.17, 15) is 4.79 Å². The van der Waals surface area contributed by atoms with E-state index in [4.69, 9.17) is 5.73 Å². The molecule has 1 aliphatic rings. The van der Waals surface area contributed by atoms with Crippen molar-refractivity contribution in [2.75, 3.05) is 5.73 Å². The van der Waals surface area contributed by atoms with Crippen LogP contribution in [0.3, 0.4) is 0 Å². The molecule has 0 saturated carbocycles. The van der Waals surface area contributed by atoms with Crippen LogP contribution in [0.15, 0.2) is 18.3 Å². The molecule has 0 unspecified atom stereocenters. The summed E-state index contributed by atoms with van der Waals surface area (Å²) in [6.07, 6.45) is 6.52. The van der Waals surface area contributed by atoms with Gasteiger partial charge in [-0.15, -0.1) is 0 Å². The molecule has 1 aliphatic carbocycles. The molecular formula is C21H31N5O. The van der Waals surface area contributed by atoms with Gasteiger partial charge < -0.3 is 10.7 Å². The first-order valence-electron chi connectivity index (χ1n) is 10.1. The molecule has 0 saturated heterocycles. The van der Waals surface area contributed by atoms with E-state index in [1.807, 2.05) is 33.8 Å². The molecule has 4 rings (SSSR count). The molecule has 0 amide bonds. The third kappa shape index (κ3) is 3.89. The van der Waals surface area contributed by atoms with Crippen molar-refractivity contribution in [1.82, 2.24) is 19.7 Å². The van der Waals surface area contributed by atoms with Gasteiger partial charge in [0.1, 0.15) is 11.5 Å². The van der Waals surface area contributed by atoms with Crippen LogP contribution < -0.4 is 5.73 Å². The van der Waals surface area contributed by atoms with Crippen molar-refractivity contribution in [2.45, 2.75) is 66.7 Å². The van der Waals surface area contributed by atoms with Crippen LogP contribution in [0.4, 0.5) is 5.82 Å². The van der Waals surface area contributed by atoms with Gasteiger partial charge in [-0.25, -0.2) is 4.98 Å². The highest BCUT2D eigenvalue weighted by atomic mass is 16.2.